The van der Waals surface area contributed by atoms with Gasteiger partial charge in [-0.1, -0.05) is 0 Å². The van der Waals surface area contributed by atoms with Gasteiger partial charge in [-0.15, -0.1) is 0 Å². The Balaban J connectivity index is 3.31. The Morgan fingerprint density at radius 2 is 1.50 bits per heavy atom. The molecular formula is C9H8F4O2S. The third kappa shape index (κ3) is 2.31. The molecule has 0 aliphatic carbocycles. The number of rotatable bonds is 3. The Kier molecular flexibility index (Phi) is 4.17. The van der Waals surface area contributed by atoms with Gasteiger partial charge >= 0.3 is 0 Å². The summed E-state index contributed by atoms with van der Waals surface area (Å²) in [6.45, 7) is 0. The van der Waals surface area contributed by atoms with Crippen molar-refractivity contribution in [1.29, 1.82) is 0 Å². The standard InChI is InChI=1S/C9H8F4O2S/c10-3-1-4(11)8(13)6(7(3)12)9(15)5(14)2-16/h1,5,9,14-16H,2H2. The van der Waals surface area contributed by atoms with Crippen LogP contribution in [0.4, 0.5) is 17.6 Å². The quantitative estimate of drug-likeness (QED) is 0.436. The largest absolute Gasteiger partial charge is 0.389 e. The van der Waals surface area contributed by atoms with Gasteiger partial charge in [-0.05, 0) is 0 Å². The topological polar surface area (TPSA) is 40.5 Å². The van der Waals surface area contributed by atoms with Gasteiger partial charge in [0.25, 0.3) is 0 Å². The van der Waals surface area contributed by atoms with Crippen molar-refractivity contribution in [3.05, 3.63) is 34.9 Å². The summed E-state index contributed by atoms with van der Waals surface area (Å²) in [5.74, 6) is -7.06. The maximum absolute atomic E-state index is 13.1. The van der Waals surface area contributed by atoms with Crippen LogP contribution in [-0.2, 0) is 0 Å². The molecule has 0 saturated heterocycles. The molecule has 0 saturated carbocycles. The van der Waals surface area contributed by atoms with Crippen LogP contribution in [0.15, 0.2) is 6.07 Å². The lowest BCUT2D eigenvalue weighted by molar-refractivity contribution is 0.0281. The van der Waals surface area contributed by atoms with Crippen LogP contribution in [0, 0.1) is 23.3 Å². The summed E-state index contributed by atoms with van der Waals surface area (Å²) in [4.78, 5) is 0. The van der Waals surface area contributed by atoms with Crippen LogP contribution in [0.3, 0.4) is 0 Å². The number of aliphatic hydroxyl groups is 2. The van der Waals surface area contributed by atoms with Crippen molar-refractivity contribution in [2.75, 3.05) is 5.75 Å². The molecule has 1 aromatic rings. The van der Waals surface area contributed by atoms with Gasteiger partial charge in [0.2, 0.25) is 0 Å². The van der Waals surface area contributed by atoms with Crippen molar-refractivity contribution in [3.8, 4) is 0 Å². The van der Waals surface area contributed by atoms with E-state index in [1.807, 2.05) is 0 Å². The molecule has 2 N–H and O–H groups in total. The van der Waals surface area contributed by atoms with Crippen molar-refractivity contribution in [3.63, 3.8) is 0 Å². The molecule has 7 heteroatoms. The fourth-order valence-electron chi connectivity index (χ4n) is 1.14. The predicted octanol–water partition coefficient (Wildman–Crippen LogP) is 1.57. The van der Waals surface area contributed by atoms with Gasteiger partial charge in [0.15, 0.2) is 23.3 Å². The SMILES string of the molecule is OC(CS)C(O)c1c(F)c(F)cc(F)c1F. The molecule has 16 heavy (non-hydrogen) atoms. The van der Waals surface area contributed by atoms with Crippen molar-refractivity contribution >= 4 is 12.6 Å². The molecule has 0 aromatic heterocycles. The van der Waals surface area contributed by atoms with Crippen LogP contribution in [0.2, 0.25) is 0 Å². The van der Waals surface area contributed by atoms with Crippen LogP contribution in [-0.4, -0.2) is 22.1 Å². The molecule has 0 radical (unpaired) electrons. The normalized spacial score (nSPS) is 14.9. The minimum absolute atomic E-state index is 0.0218. The molecular weight excluding hydrogens is 248 g/mol. The molecule has 90 valence electrons. The zero-order valence-electron chi connectivity index (χ0n) is 7.79. The van der Waals surface area contributed by atoms with E-state index in [9.17, 15) is 22.7 Å². The summed E-state index contributed by atoms with van der Waals surface area (Å²) in [7, 11) is 0. The maximum Gasteiger partial charge on any atom is 0.167 e. The second kappa shape index (κ2) is 5.03. The second-order valence-electron chi connectivity index (χ2n) is 3.08. The van der Waals surface area contributed by atoms with Gasteiger partial charge in [-0.3, -0.25) is 0 Å². The van der Waals surface area contributed by atoms with E-state index in [4.69, 9.17) is 5.11 Å². The number of aliphatic hydroxyl groups excluding tert-OH is 2. The lowest BCUT2D eigenvalue weighted by Crippen LogP contribution is -2.23. The second-order valence-corrected chi connectivity index (χ2v) is 3.44. The molecule has 0 heterocycles. The summed E-state index contributed by atoms with van der Waals surface area (Å²) >= 11 is 3.58. The maximum atomic E-state index is 13.1. The number of benzene rings is 1. The Bertz CT molecular complexity index is 373. The zero-order valence-corrected chi connectivity index (χ0v) is 8.69. The molecule has 1 rings (SSSR count). The molecule has 2 atom stereocenters. The highest BCUT2D eigenvalue weighted by Gasteiger charge is 2.28. The van der Waals surface area contributed by atoms with E-state index in [2.05, 4.69) is 12.6 Å². The lowest BCUT2D eigenvalue weighted by Gasteiger charge is -2.17. The van der Waals surface area contributed by atoms with Gasteiger partial charge in [0.05, 0.1) is 11.7 Å². The van der Waals surface area contributed by atoms with Gasteiger partial charge in [-0.2, -0.15) is 12.6 Å². The number of halogens is 4. The van der Waals surface area contributed by atoms with Crippen LogP contribution in [0.5, 0.6) is 0 Å². The van der Waals surface area contributed by atoms with Crippen LogP contribution in [0.1, 0.15) is 11.7 Å². The Hall–Kier alpha value is -0.790. The van der Waals surface area contributed by atoms with Crippen LogP contribution >= 0.6 is 12.6 Å². The molecule has 0 fully saturated rings. The molecule has 2 unspecified atom stereocenters. The molecule has 0 aliphatic heterocycles. The highest BCUT2D eigenvalue weighted by molar-refractivity contribution is 7.80. The van der Waals surface area contributed by atoms with Gasteiger partial charge in [-0.25, -0.2) is 17.6 Å². The summed E-state index contributed by atoms with van der Waals surface area (Å²) in [5, 5.41) is 18.4. The van der Waals surface area contributed by atoms with Crippen molar-refractivity contribution < 1.29 is 27.8 Å². The molecule has 2 nitrogen and oxygen atoms in total. The van der Waals surface area contributed by atoms with E-state index < -0.39 is 41.0 Å². The average molecular weight is 256 g/mol. The molecule has 0 spiro atoms. The van der Waals surface area contributed by atoms with Crippen LogP contribution in [0.25, 0.3) is 0 Å². The number of thiol groups is 1. The van der Waals surface area contributed by atoms with E-state index in [0.717, 1.165) is 0 Å². The lowest BCUT2D eigenvalue weighted by atomic mass is 10.0. The fraction of sp³-hybridized carbons (Fsp3) is 0.333. The monoisotopic (exact) mass is 256 g/mol. The first-order valence-corrected chi connectivity index (χ1v) is 4.83. The highest BCUT2D eigenvalue weighted by atomic mass is 32.1. The first kappa shape index (κ1) is 13.3. The van der Waals surface area contributed by atoms with Crippen molar-refractivity contribution in [1.82, 2.24) is 0 Å². The van der Waals surface area contributed by atoms with E-state index in [0.29, 0.717) is 0 Å². The Morgan fingerprint density at radius 3 is 1.88 bits per heavy atom. The first-order valence-electron chi connectivity index (χ1n) is 4.20. The number of hydrogen-bond acceptors (Lipinski definition) is 3. The molecule has 1 aromatic carbocycles. The molecule has 0 aliphatic rings. The van der Waals surface area contributed by atoms with E-state index in [1.54, 1.807) is 0 Å². The molecule has 0 amide bonds. The first-order chi connectivity index (χ1) is 7.40. The minimum Gasteiger partial charge on any atom is -0.389 e. The third-order valence-corrected chi connectivity index (χ3v) is 2.37. The smallest absolute Gasteiger partial charge is 0.167 e. The van der Waals surface area contributed by atoms with Crippen LogP contribution < -0.4 is 0 Å². The van der Waals surface area contributed by atoms with Crippen molar-refractivity contribution in [2.24, 2.45) is 0 Å². The Morgan fingerprint density at radius 1 is 1.06 bits per heavy atom. The summed E-state index contributed by atoms with van der Waals surface area (Å²) in [5.41, 5.74) is -1.24. The van der Waals surface area contributed by atoms with Gasteiger partial charge in [0, 0.05) is 11.8 Å². The predicted molar refractivity (Wildman–Crippen MR) is 51.1 cm³/mol. The fourth-order valence-corrected chi connectivity index (χ4v) is 1.34. The minimum atomic E-state index is -2.08. The summed E-state index contributed by atoms with van der Waals surface area (Å²) in [6, 6.07) is 0.0218. The highest BCUT2D eigenvalue weighted by Crippen LogP contribution is 2.27. The number of hydrogen-bond donors (Lipinski definition) is 3. The Labute approximate surface area is 93.9 Å². The molecule has 0 bridgehead atoms. The van der Waals surface area contributed by atoms with E-state index in [-0.39, 0.29) is 11.8 Å². The van der Waals surface area contributed by atoms with E-state index >= 15 is 0 Å². The summed E-state index contributed by atoms with van der Waals surface area (Å²) in [6.07, 6.45) is -3.71. The van der Waals surface area contributed by atoms with Gasteiger partial charge in [0.1, 0.15) is 6.10 Å². The summed E-state index contributed by atoms with van der Waals surface area (Å²) < 4.78 is 51.7. The third-order valence-electron chi connectivity index (χ3n) is 1.99. The van der Waals surface area contributed by atoms with E-state index in [1.165, 1.54) is 0 Å². The van der Waals surface area contributed by atoms with Crippen molar-refractivity contribution in [2.45, 2.75) is 12.2 Å². The zero-order chi connectivity index (χ0) is 12.5. The van der Waals surface area contributed by atoms with Gasteiger partial charge < -0.3 is 10.2 Å². The average Bonchev–Trinajstić information content (AvgIpc) is 2.25.